The number of allylic oxidation sites excluding steroid dienone is 2. The predicted octanol–water partition coefficient (Wildman–Crippen LogP) is 27.8. The number of nitrogens with one attached hydrogen (secondary N) is 1. The monoisotopic (exact) mass is 1270 g/mol. The number of ether oxygens (including phenoxy) is 1. The Morgan fingerprint density at radius 2 is 0.522 bits per heavy atom. The number of aliphatic hydroxyl groups is 2. The summed E-state index contributed by atoms with van der Waals surface area (Å²) in [7, 11) is 0. The van der Waals surface area contributed by atoms with Gasteiger partial charge in [0.05, 0.1) is 25.4 Å². The molecule has 2 unspecified atom stereocenters. The van der Waals surface area contributed by atoms with Crippen LogP contribution in [0.4, 0.5) is 0 Å². The summed E-state index contributed by atoms with van der Waals surface area (Å²) in [5, 5.41) is 23.4. The standard InChI is InChI=1S/C84H165NO5/c1-3-5-7-9-11-13-15-17-19-44-48-52-56-60-64-68-72-76-82(87)81(80-86)85-83(88)77-73-69-65-61-57-53-49-46-42-40-38-36-34-32-30-28-26-24-22-21-23-25-27-29-31-33-35-37-39-41-43-47-51-55-59-63-67-71-75-79-90-84(89)78-74-70-66-62-58-54-50-45-20-18-16-14-12-10-8-6-4-2/h21-22,81-82,86-87H,3-20,23-80H2,1-2H3,(H,85,88)/b22-21-. The molecule has 0 bridgehead atoms. The highest BCUT2D eigenvalue weighted by Crippen LogP contribution is 2.21. The summed E-state index contributed by atoms with van der Waals surface area (Å²) in [5.41, 5.74) is 0. The molecule has 0 aromatic rings. The fourth-order valence-electron chi connectivity index (χ4n) is 13.7. The molecular weight excluding hydrogens is 1100 g/mol. The van der Waals surface area contributed by atoms with Crippen LogP contribution >= 0.6 is 0 Å². The van der Waals surface area contributed by atoms with E-state index in [9.17, 15) is 19.8 Å². The summed E-state index contributed by atoms with van der Waals surface area (Å²) in [5.74, 6) is 0.00199. The molecule has 536 valence electrons. The van der Waals surface area contributed by atoms with Gasteiger partial charge < -0.3 is 20.3 Å². The summed E-state index contributed by atoms with van der Waals surface area (Å²) in [6, 6.07) is -0.538. The van der Waals surface area contributed by atoms with Crippen LogP contribution in [0.1, 0.15) is 489 Å². The van der Waals surface area contributed by atoms with Crippen LogP contribution in [0.15, 0.2) is 12.2 Å². The van der Waals surface area contributed by atoms with Crippen LogP contribution in [0.5, 0.6) is 0 Å². The van der Waals surface area contributed by atoms with Gasteiger partial charge in [-0.2, -0.15) is 0 Å². The molecule has 6 heteroatoms. The lowest BCUT2D eigenvalue weighted by Crippen LogP contribution is -2.45. The lowest BCUT2D eigenvalue weighted by atomic mass is 10.0. The minimum absolute atomic E-state index is 0.0258. The maximum Gasteiger partial charge on any atom is 0.305 e. The Labute approximate surface area is 565 Å². The van der Waals surface area contributed by atoms with Crippen molar-refractivity contribution in [2.24, 2.45) is 0 Å². The number of unbranched alkanes of at least 4 members (excludes halogenated alkanes) is 67. The zero-order valence-electron chi connectivity index (χ0n) is 61.7. The number of carbonyl (C=O) groups excluding carboxylic acids is 2. The molecule has 0 aliphatic carbocycles. The van der Waals surface area contributed by atoms with Crippen LogP contribution < -0.4 is 5.32 Å². The molecule has 0 aromatic heterocycles. The van der Waals surface area contributed by atoms with Gasteiger partial charge in [-0.1, -0.05) is 437 Å². The first kappa shape index (κ1) is 88.6. The third kappa shape index (κ3) is 75.6. The molecule has 90 heavy (non-hydrogen) atoms. The molecule has 0 radical (unpaired) electrons. The molecule has 0 heterocycles. The maximum absolute atomic E-state index is 12.5. The number of carbonyl (C=O) groups is 2. The van der Waals surface area contributed by atoms with E-state index in [4.69, 9.17) is 4.74 Å². The van der Waals surface area contributed by atoms with E-state index in [1.807, 2.05) is 0 Å². The Morgan fingerprint density at radius 1 is 0.300 bits per heavy atom. The first-order chi connectivity index (χ1) is 44.5. The van der Waals surface area contributed by atoms with Crippen molar-refractivity contribution in [2.45, 2.75) is 501 Å². The fraction of sp³-hybridized carbons (Fsp3) is 0.952. The van der Waals surface area contributed by atoms with Crippen molar-refractivity contribution >= 4 is 11.9 Å². The molecule has 2 atom stereocenters. The third-order valence-corrected chi connectivity index (χ3v) is 20.1. The van der Waals surface area contributed by atoms with Crippen LogP contribution in [-0.2, 0) is 14.3 Å². The van der Waals surface area contributed by atoms with Crippen LogP contribution in [-0.4, -0.2) is 47.4 Å². The average molecular weight is 1270 g/mol. The number of rotatable bonds is 80. The van der Waals surface area contributed by atoms with Crippen molar-refractivity contribution in [1.29, 1.82) is 0 Å². The van der Waals surface area contributed by atoms with Crippen LogP contribution in [0.25, 0.3) is 0 Å². The van der Waals surface area contributed by atoms with Crippen LogP contribution in [0, 0.1) is 0 Å². The van der Waals surface area contributed by atoms with E-state index in [2.05, 4.69) is 31.3 Å². The zero-order valence-corrected chi connectivity index (χ0v) is 61.7. The third-order valence-electron chi connectivity index (χ3n) is 20.1. The van der Waals surface area contributed by atoms with E-state index >= 15 is 0 Å². The maximum atomic E-state index is 12.5. The van der Waals surface area contributed by atoms with Gasteiger partial charge in [0.2, 0.25) is 5.91 Å². The fourth-order valence-corrected chi connectivity index (χ4v) is 13.7. The van der Waals surface area contributed by atoms with E-state index in [1.54, 1.807) is 0 Å². The lowest BCUT2D eigenvalue weighted by molar-refractivity contribution is -0.143. The van der Waals surface area contributed by atoms with Crippen LogP contribution in [0.3, 0.4) is 0 Å². The minimum Gasteiger partial charge on any atom is -0.466 e. The van der Waals surface area contributed by atoms with Gasteiger partial charge in [-0.15, -0.1) is 0 Å². The van der Waals surface area contributed by atoms with Crippen molar-refractivity contribution < 1.29 is 24.5 Å². The summed E-state index contributed by atoms with van der Waals surface area (Å²) >= 11 is 0. The van der Waals surface area contributed by atoms with Gasteiger partial charge in [-0.25, -0.2) is 0 Å². The SMILES string of the molecule is CCCCCCCCCCCCCCCCCCCC(=O)OCCCCCCCCCCCCCCCCCCCC/C=C\CCCCCCCCCCCCCCCCCCCC(=O)NC(CO)C(O)CCCCCCCCCCCCCCCCCCC. The van der Waals surface area contributed by atoms with E-state index in [-0.39, 0.29) is 18.5 Å². The molecule has 0 saturated carbocycles. The molecule has 1 amide bonds. The molecule has 0 aliphatic heterocycles. The van der Waals surface area contributed by atoms with Gasteiger partial charge in [-0.3, -0.25) is 9.59 Å². The van der Waals surface area contributed by atoms with Gasteiger partial charge in [-0.05, 0) is 51.4 Å². The number of hydrogen-bond acceptors (Lipinski definition) is 5. The number of aliphatic hydroxyl groups excluding tert-OH is 2. The summed E-state index contributed by atoms with van der Waals surface area (Å²) < 4.78 is 5.52. The van der Waals surface area contributed by atoms with Gasteiger partial charge >= 0.3 is 5.97 Å². The molecular formula is C84H165NO5. The molecule has 0 saturated heterocycles. The molecule has 0 fully saturated rings. The van der Waals surface area contributed by atoms with Crippen LogP contribution in [0.2, 0.25) is 0 Å². The second-order valence-corrected chi connectivity index (χ2v) is 29.2. The Kier molecular flexibility index (Phi) is 78.8. The Morgan fingerprint density at radius 3 is 0.789 bits per heavy atom. The number of amides is 1. The molecule has 0 aromatic carbocycles. The zero-order chi connectivity index (χ0) is 64.9. The normalized spacial score (nSPS) is 12.4. The first-order valence-electron chi connectivity index (χ1n) is 41.9. The van der Waals surface area contributed by atoms with Crippen molar-refractivity contribution in [1.82, 2.24) is 5.32 Å². The molecule has 3 N–H and O–H groups in total. The van der Waals surface area contributed by atoms with Crippen molar-refractivity contribution in [3.63, 3.8) is 0 Å². The average Bonchev–Trinajstić information content (AvgIpc) is 3.69. The van der Waals surface area contributed by atoms with E-state index < -0.39 is 12.1 Å². The molecule has 0 aliphatic rings. The first-order valence-corrected chi connectivity index (χ1v) is 41.9. The van der Waals surface area contributed by atoms with Gasteiger partial charge in [0.1, 0.15) is 0 Å². The highest BCUT2D eigenvalue weighted by Gasteiger charge is 2.20. The van der Waals surface area contributed by atoms with E-state index in [0.717, 1.165) is 38.5 Å². The molecule has 6 nitrogen and oxygen atoms in total. The molecule has 0 spiro atoms. The predicted molar refractivity (Wildman–Crippen MR) is 398 cm³/mol. The highest BCUT2D eigenvalue weighted by molar-refractivity contribution is 5.76. The quantitative estimate of drug-likeness (QED) is 0.0320. The Bertz CT molecular complexity index is 1370. The van der Waals surface area contributed by atoms with Crippen molar-refractivity contribution in [2.75, 3.05) is 13.2 Å². The second kappa shape index (κ2) is 80.0. The lowest BCUT2D eigenvalue weighted by Gasteiger charge is -2.22. The van der Waals surface area contributed by atoms with E-state index in [0.29, 0.717) is 25.9 Å². The van der Waals surface area contributed by atoms with Gasteiger partial charge in [0, 0.05) is 12.8 Å². The highest BCUT2D eigenvalue weighted by atomic mass is 16.5. The topological polar surface area (TPSA) is 95.9 Å². The number of esters is 1. The smallest absolute Gasteiger partial charge is 0.305 e. The Balaban J connectivity index is 3.30. The largest absolute Gasteiger partial charge is 0.466 e. The summed E-state index contributed by atoms with van der Waals surface area (Å²) in [4.78, 5) is 24.7. The summed E-state index contributed by atoms with van der Waals surface area (Å²) in [6.07, 6.45) is 102. The van der Waals surface area contributed by atoms with Crippen molar-refractivity contribution in [3.05, 3.63) is 12.2 Å². The minimum atomic E-state index is -0.661. The Hall–Kier alpha value is -1.40. The molecule has 0 rings (SSSR count). The van der Waals surface area contributed by atoms with Gasteiger partial charge in [0.25, 0.3) is 0 Å². The summed E-state index contributed by atoms with van der Waals surface area (Å²) in [6.45, 7) is 5.02. The van der Waals surface area contributed by atoms with E-state index in [1.165, 1.54) is 417 Å². The second-order valence-electron chi connectivity index (χ2n) is 29.2. The van der Waals surface area contributed by atoms with Gasteiger partial charge in [0.15, 0.2) is 0 Å². The number of hydrogen-bond donors (Lipinski definition) is 3. The van der Waals surface area contributed by atoms with Crippen molar-refractivity contribution in [3.8, 4) is 0 Å².